The number of nitrogens with zero attached hydrogens (tertiary/aromatic N) is 2. The zero-order valence-corrected chi connectivity index (χ0v) is 12.6. The highest BCUT2D eigenvalue weighted by Crippen LogP contribution is 2.25. The van der Waals surface area contributed by atoms with Crippen LogP contribution in [0.25, 0.3) is 0 Å². The normalized spacial score (nSPS) is 24.9. The van der Waals surface area contributed by atoms with Gasteiger partial charge in [0.25, 0.3) is 0 Å². The molecule has 0 saturated heterocycles. The zero-order chi connectivity index (χ0) is 12.3. The van der Waals surface area contributed by atoms with Crippen molar-refractivity contribution in [3.8, 4) is 5.75 Å². The highest BCUT2D eigenvalue weighted by Gasteiger charge is 2.23. The Morgan fingerprint density at radius 3 is 2.47 bits per heavy atom. The molecule has 0 radical (unpaired) electrons. The topological polar surface area (TPSA) is 25.4 Å². The van der Waals surface area contributed by atoms with Crippen LogP contribution in [-0.2, 0) is 0 Å². The van der Waals surface area contributed by atoms with Crippen LogP contribution >= 0.6 is 22.6 Å². The number of rotatable bonds is 3. The molecule has 1 aliphatic carbocycles. The number of pyridine rings is 1. The molecule has 0 bridgehead atoms. The lowest BCUT2D eigenvalue weighted by Crippen LogP contribution is -2.35. The summed E-state index contributed by atoms with van der Waals surface area (Å²) in [5.74, 6) is 0.902. The van der Waals surface area contributed by atoms with Crippen LogP contribution in [0.2, 0.25) is 0 Å². The Labute approximate surface area is 117 Å². The van der Waals surface area contributed by atoms with Crippen molar-refractivity contribution in [3.05, 3.63) is 22.0 Å². The molecule has 0 aliphatic heterocycles. The fourth-order valence-electron chi connectivity index (χ4n) is 2.30. The molecule has 1 aromatic heterocycles. The van der Waals surface area contributed by atoms with Crippen molar-refractivity contribution in [3.63, 3.8) is 0 Å². The quantitative estimate of drug-likeness (QED) is 0.622. The Morgan fingerprint density at radius 1 is 1.24 bits per heavy atom. The Balaban J connectivity index is 1.84. The third-order valence-corrected chi connectivity index (χ3v) is 4.02. The molecule has 94 valence electrons. The maximum Gasteiger partial charge on any atom is 0.138 e. The summed E-state index contributed by atoms with van der Waals surface area (Å²) in [7, 11) is 4.32. The molecule has 0 spiro atoms. The fourth-order valence-corrected chi connectivity index (χ4v) is 2.62. The smallest absolute Gasteiger partial charge is 0.138 e. The lowest BCUT2D eigenvalue weighted by Gasteiger charge is -2.32. The number of hydrogen-bond acceptors (Lipinski definition) is 3. The first-order valence-electron chi connectivity index (χ1n) is 6.10. The first kappa shape index (κ1) is 13.1. The van der Waals surface area contributed by atoms with Crippen LogP contribution in [0.3, 0.4) is 0 Å². The molecule has 17 heavy (non-hydrogen) atoms. The van der Waals surface area contributed by atoms with Gasteiger partial charge in [-0.15, -0.1) is 0 Å². The van der Waals surface area contributed by atoms with Crippen molar-refractivity contribution in [2.75, 3.05) is 14.1 Å². The zero-order valence-electron chi connectivity index (χ0n) is 10.4. The van der Waals surface area contributed by atoms with E-state index in [0.717, 1.165) is 28.3 Å². The summed E-state index contributed by atoms with van der Waals surface area (Å²) in [5, 5.41) is 0. The maximum atomic E-state index is 5.95. The van der Waals surface area contributed by atoms with Gasteiger partial charge in [0.15, 0.2) is 0 Å². The minimum Gasteiger partial charge on any atom is -0.489 e. The summed E-state index contributed by atoms with van der Waals surface area (Å²) in [4.78, 5) is 6.56. The van der Waals surface area contributed by atoms with E-state index in [1.807, 2.05) is 18.3 Å². The lowest BCUT2D eigenvalue weighted by molar-refractivity contribution is 0.111. The van der Waals surface area contributed by atoms with Crippen molar-refractivity contribution >= 4 is 22.6 Å². The Bertz CT molecular complexity index is 345. The van der Waals surface area contributed by atoms with Crippen molar-refractivity contribution in [2.45, 2.75) is 37.8 Å². The van der Waals surface area contributed by atoms with Crippen LogP contribution in [0.5, 0.6) is 5.75 Å². The van der Waals surface area contributed by atoms with Gasteiger partial charge in [-0.3, -0.25) is 0 Å². The van der Waals surface area contributed by atoms with Crippen LogP contribution in [0.1, 0.15) is 25.7 Å². The molecule has 1 aromatic rings. The second-order valence-corrected chi connectivity index (χ2v) is 5.93. The van der Waals surface area contributed by atoms with E-state index < -0.39 is 0 Å². The van der Waals surface area contributed by atoms with Crippen LogP contribution in [0.15, 0.2) is 18.3 Å². The van der Waals surface area contributed by atoms with E-state index >= 15 is 0 Å². The molecule has 0 atom stereocenters. The summed E-state index contributed by atoms with van der Waals surface area (Å²) < 4.78 is 6.96. The standard InChI is InChI=1S/C13H19IN2O/c1-16(2)10-3-5-11(6-4-10)17-12-7-8-13(14)15-9-12/h7-11H,3-6H2,1-2H3/t10-,11+. The molecule has 3 nitrogen and oxygen atoms in total. The molecular weight excluding hydrogens is 327 g/mol. The van der Waals surface area contributed by atoms with Crippen LogP contribution in [0, 0.1) is 3.70 Å². The van der Waals surface area contributed by atoms with Gasteiger partial charge in [0, 0.05) is 6.04 Å². The SMILES string of the molecule is CN(C)[C@H]1CC[C@@H](Oc2ccc(I)nc2)CC1. The lowest BCUT2D eigenvalue weighted by atomic mass is 9.92. The highest BCUT2D eigenvalue weighted by atomic mass is 127. The molecule has 1 fully saturated rings. The van der Waals surface area contributed by atoms with Crippen LogP contribution < -0.4 is 4.74 Å². The van der Waals surface area contributed by atoms with Crippen LogP contribution in [-0.4, -0.2) is 36.1 Å². The van der Waals surface area contributed by atoms with Gasteiger partial charge in [-0.05, 0) is 74.5 Å². The number of hydrogen-bond donors (Lipinski definition) is 0. The molecule has 1 saturated carbocycles. The van der Waals surface area contributed by atoms with Gasteiger partial charge < -0.3 is 9.64 Å². The molecule has 4 heteroatoms. The summed E-state index contributed by atoms with van der Waals surface area (Å²) in [6.07, 6.45) is 6.95. The van der Waals surface area contributed by atoms with E-state index in [9.17, 15) is 0 Å². The molecule has 0 unspecified atom stereocenters. The van der Waals surface area contributed by atoms with Crippen molar-refractivity contribution in [2.24, 2.45) is 0 Å². The first-order chi connectivity index (χ1) is 8.15. The third kappa shape index (κ3) is 3.81. The summed E-state index contributed by atoms with van der Waals surface area (Å²) in [6, 6.07) is 4.72. The van der Waals surface area contributed by atoms with Gasteiger partial charge >= 0.3 is 0 Å². The molecule has 2 rings (SSSR count). The predicted molar refractivity (Wildman–Crippen MR) is 77.3 cm³/mol. The second kappa shape index (κ2) is 6.00. The number of halogens is 1. The highest BCUT2D eigenvalue weighted by molar-refractivity contribution is 14.1. The van der Waals surface area contributed by atoms with Gasteiger partial charge in [0.05, 0.1) is 12.3 Å². The van der Waals surface area contributed by atoms with E-state index in [1.54, 1.807) is 0 Å². The van der Waals surface area contributed by atoms with Gasteiger partial charge in [-0.25, -0.2) is 4.98 Å². The molecular formula is C13H19IN2O. The van der Waals surface area contributed by atoms with E-state index in [2.05, 4.69) is 46.6 Å². The molecule has 0 aromatic carbocycles. The fraction of sp³-hybridized carbons (Fsp3) is 0.615. The minimum atomic E-state index is 0.369. The largest absolute Gasteiger partial charge is 0.489 e. The Hall–Kier alpha value is -0.360. The second-order valence-electron chi connectivity index (χ2n) is 4.83. The average Bonchev–Trinajstić information content (AvgIpc) is 2.33. The molecule has 0 N–H and O–H groups in total. The molecule has 1 aliphatic rings. The van der Waals surface area contributed by atoms with Gasteiger partial charge in [-0.1, -0.05) is 0 Å². The van der Waals surface area contributed by atoms with Crippen molar-refractivity contribution in [1.29, 1.82) is 0 Å². The van der Waals surface area contributed by atoms with E-state index in [1.165, 1.54) is 12.8 Å². The monoisotopic (exact) mass is 346 g/mol. The number of ether oxygens (including phenoxy) is 1. The molecule has 1 heterocycles. The average molecular weight is 346 g/mol. The maximum absolute atomic E-state index is 5.95. The summed E-state index contributed by atoms with van der Waals surface area (Å²) in [6.45, 7) is 0. The first-order valence-corrected chi connectivity index (χ1v) is 7.17. The van der Waals surface area contributed by atoms with Gasteiger partial charge in [-0.2, -0.15) is 0 Å². The van der Waals surface area contributed by atoms with E-state index in [0.29, 0.717) is 6.10 Å². The minimum absolute atomic E-state index is 0.369. The number of aromatic nitrogens is 1. The summed E-state index contributed by atoms with van der Waals surface area (Å²) >= 11 is 2.20. The third-order valence-electron chi connectivity index (χ3n) is 3.38. The van der Waals surface area contributed by atoms with Crippen LogP contribution in [0.4, 0.5) is 0 Å². The van der Waals surface area contributed by atoms with E-state index in [-0.39, 0.29) is 0 Å². The summed E-state index contributed by atoms with van der Waals surface area (Å²) in [5.41, 5.74) is 0. The Morgan fingerprint density at radius 2 is 1.94 bits per heavy atom. The van der Waals surface area contributed by atoms with Crippen molar-refractivity contribution < 1.29 is 4.74 Å². The van der Waals surface area contributed by atoms with E-state index in [4.69, 9.17) is 4.74 Å². The molecule has 0 amide bonds. The van der Waals surface area contributed by atoms with Gasteiger partial charge in [0.2, 0.25) is 0 Å². The van der Waals surface area contributed by atoms with Crippen molar-refractivity contribution in [1.82, 2.24) is 9.88 Å². The predicted octanol–water partition coefficient (Wildman–Crippen LogP) is 2.94. The Kier molecular flexibility index (Phi) is 4.62. The van der Waals surface area contributed by atoms with Gasteiger partial charge in [0.1, 0.15) is 9.45 Å².